The highest BCUT2D eigenvalue weighted by molar-refractivity contribution is 5.91. The lowest BCUT2D eigenvalue weighted by atomic mass is 10.1. The molecule has 3 rings (SSSR count). The Labute approximate surface area is 163 Å². The van der Waals surface area contributed by atoms with Crippen LogP contribution in [-0.2, 0) is 17.5 Å². The molecule has 9 heteroatoms. The summed E-state index contributed by atoms with van der Waals surface area (Å²) in [7, 11) is 1.50. The summed E-state index contributed by atoms with van der Waals surface area (Å²) in [6.45, 7) is 0.356. The van der Waals surface area contributed by atoms with Gasteiger partial charge in [0.05, 0.1) is 18.2 Å². The zero-order valence-electron chi connectivity index (χ0n) is 15.3. The molecule has 6 nitrogen and oxygen atoms in total. The fourth-order valence-corrected chi connectivity index (χ4v) is 2.69. The number of benzene rings is 2. The van der Waals surface area contributed by atoms with Crippen LogP contribution in [0.15, 0.2) is 57.8 Å². The molecular formula is C20H17F3N2O4. The average molecular weight is 406 g/mol. The summed E-state index contributed by atoms with van der Waals surface area (Å²) < 4.78 is 49.2. The zero-order valence-corrected chi connectivity index (χ0v) is 15.3. The first-order valence-electron chi connectivity index (χ1n) is 8.58. The van der Waals surface area contributed by atoms with Crippen LogP contribution in [-0.4, -0.2) is 24.1 Å². The third kappa shape index (κ3) is 4.87. The lowest BCUT2D eigenvalue weighted by Crippen LogP contribution is -2.28. The summed E-state index contributed by atoms with van der Waals surface area (Å²) in [5.74, 6) is -0.435. The van der Waals surface area contributed by atoms with Crippen LogP contribution >= 0.6 is 0 Å². The molecule has 0 spiro atoms. The van der Waals surface area contributed by atoms with E-state index in [9.17, 15) is 22.8 Å². The molecule has 1 heterocycles. The fourth-order valence-electron chi connectivity index (χ4n) is 2.69. The van der Waals surface area contributed by atoms with Gasteiger partial charge in [0.15, 0.2) is 5.58 Å². The number of oxazole rings is 1. The van der Waals surface area contributed by atoms with E-state index >= 15 is 0 Å². The van der Waals surface area contributed by atoms with Gasteiger partial charge in [-0.1, -0.05) is 12.1 Å². The number of carbonyl (C=O) groups excluding carboxylic acids is 1. The number of alkyl halides is 3. The average Bonchev–Trinajstić information content (AvgIpc) is 3.00. The van der Waals surface area contributed by atoms with Crippen molar-refractivity contribution in [3.63, 3.8) is 0 Å². The van der Waals surface area contributed by atoms with Crippen molar-refractivity contribution in [2.24, 2.45) is 0 Å². The van der Waals surface area contributed by atoms with E-state index < -0.39 is 23.4 Å². The van der Waals surface area contributed by atoms with Gasteiger partial charge >= 0.3 is 11.9 Å². The Balaban J connectivity index is 1.57. The van der Waals surface area contributed by atoms with Gasteiger partial charge < -0.3 is 14.5 Å². The number of fused-ring (bicyclic) bond motifs is 1. The van der Waals surface area contributed by atoms with Crippen LogP contribution in [0.1, 0.15) is 11.1 Å². The van der Waals surface area contributed by atoms with E-state index in [0.717, 1.165) is 12.1 Å². The third-order valence-electron chi connectivity index (χ3n) is 4.18. The number of nitrogens with zero attached hydrogens (tertiary/aromatic N) is 1. The summed E-state index contributed by atoms with van der Waals surface area (Å²) in [6.07, 6.45) is -1.79. The van der Waals surface area contributed by atoms with Gasteiger partial charge in [-0.2, -0.15) is 13.2 Å². The van der Waals surface area contributed by atoms with Crippen LogP contribution in [0.2, 0.25) is 0 Å². The molecule has 1 amide bonds. The molecular weight excluding hydrogens is 389 g/mol. The minimum atomic E-state index is -4.40. The Morgan fingerprint density at radius 1 is 1.21 bits per heavy atom. The number of halogens is 3. The maximum atomic E-state index is 12.5. The number of amides is 1. The second-order valence-corrected chi connectivity index (χ2v) is 6.10. The Hall–Kier alpha value is -3.49. The van der Waals surface area contributed by atoms with E-state index in [4.69, 9.17) is 9.15 Å². The van der Waals surface area contributed by atoms with Gasteiger partial charge in [0.2, 0.25) is 5.91 Å². The Kier molecular flexibility index (Phi) is 5.76. The van der Waals surface area contributed by atoms with Crippen molar-refractivity contribution in [2.45, 2.75) is 12.7 Å². The molecule has 0 aliphatic heterocycles. The third-order valence-corrected chi connectivity index (χ3v) is 4.18. The Morgan fingerprint density at radius 2 is 1.93 bits per heavy atom. The van der Waals surface area contributed by atoms with Crippen LogP contribution in [0.25, 0.3) is 17.2 Å². The number of ether oxygens (including phenoxy) is 1. The molecule has 2 aromatic carbocycles. The molecule has 0 aliphatic carbocycles. The number of rotatable bonds is 6. The van der Waals surface area contributed by atoms with Crippen LogP contribution in [0, 0.1) is 0 Å². The highest BCUT2D eigenvalue weighted by atomic mass is 19.4. The summed E-state index contributed by atoms with van der Waals surface area (Å²) in [5.41, 5.74) is 0.655. The SMILES string of the molecule is COc1ccc2c(c1)oc(=O)n2CCNC(=O)/C=C/c1ccc(C(F)(F)F)cc1. The Morgan fingerprint density at radius 3 is 2.59 bits per heavy atom. The Bertz CT molecular complexity index is 1100. The number of nitrogens with one attached hydrogen (secondary N) is 1. The van der Waals surface area contributed by atoms with Gasteiger partial charge in [-0.25, -0.2) is 4.79 Å². The molecule has 0 saturated heterocycles. The molecule has 0 bridgehead atoms. The van der Waals surface area contributed by atoms with Crippen LogP contribution in [0.4, 0.5) is 13.2 Å². The number of methoxy groups -OCH3 is 1. The maximum absolute atomic E-state index is 12.5. The molecule has 0 atom stereocenters. The second kappa shape index (κ2) is 8.26. The van der Waals surface area contributed by atoms with E-state index in [1.54, 1.807) is 18.2 Å². The van der Waals surface area contributed by atoms with Crippen molar-refractivity contribution < 1.29 is 27.1 Å². The molecule has 1 aromatic heterocycles. The maximum Gasteiger partial charge on any atom is 0.420 e. The smallest absolute Gasteiger partial charge is 0.420 e. The van der Waals surface area contributed by atoms with Crippen molar-refractivity contribution >= 4 is 23.1 Å². The highest BCUT2D eigenvalue weighted by Crippen LogP contribution is 2.29. The second-order valence-electron chi connectivity index (χ2n) is 6.10. The topological polar surface area (TPSA) is 73.5 Å². The highest BCUT2D eigenvalue weighted by Gasteiger charge is 2.29. The summed E-state index contributed by atoms with van der Waals surface area (Å²) in [4.78, 5) is 23.9. The largest absolute Gasteiger partial charge is 0.497 e. The van der Waals surface area contributed by atoms with Crippen molar-refractivity contribution in [2.75, 3.05) is 13.7 Å². The first-order valence-corrected chi connectivity index (χ1v) is 8.58. The molecule has 152 valence electrons. The summed E-state index contributed by atoms with van der Waals surface area (Å²) in [6, 6.07) is 9.42. The number of hydrogen-bond donors (Lipinski definition) is 1. The van der Waals surface area contributed by atoms with E-state index in [1.165, 1.54) is 36.0 Å². The lowest BCUT2D eigenvalue weighted by Gasteiger charge is -2.06. The van der Waals surface area contributed by atoms with Gasteiger partial charge in [0.1, 0.15) is 5.75 Å². The van der Waals surface area contributed by atoms with E-state index in [0.29, 0.717) is 22.4 Å². The van der Waals surface area contributed by atoms with Gasteiger partial charge in [-0.05, 0) is 35.9 Å². The van der Waals surface area contributed by atoms with Crippen molar-refractivity contribution in [1.82, 2.24) is 9.88 Å². The lowest BCUT2D eigenvalue weighted by molar-refractivity contribution is -0.137. The van der Waals surface area contributed by atoms with E-state index in [-0.39, 0.29) is 13.1 Å². The molecule has 0 fully saturated rings. The van der Waals surface area contributed by atoms with E-state index in [1.807, 2.05) is 0 Å². The van der Waals surface area contributed by atoms with Crippen molar-refractivity contribution in [3.05, 3.63) is 70.2 Å². The molecule has 3 aromatic rings. The first kappa shape index (κ1) is 20.2. The predicted molar refractivity (Wildman–Crippen MR) is 101 cm³/mol. The number of hydrogen-bond acceptors (Lipinski definition) is 4. The first-order chi connectivity index (χ1) is 13.8. The van der Waals surface area contributed by atoms with E-state index in [2.05, 4.69) is 5.32 Å². The van der Waals surface area contributed by atoms with Crippen molar-refractivity contribution in [1.29, 1.82) is 0 Å². The summed E-state index contributed by atoms with van der Waals surface area (Å²) in [5, 5.41) is 2.61. The van der Waals surface area contributed by atoms with Gasteiger partial charge in [0, 0.05) is 25.2 Å². The minimum absolute atomic E-state index is 0.163. The summed E-state index contributed by atoms with van der Waals surface area (Å²) >= 11 is 0. The molecule has 0 radical (unpaired) electrons. The van der Waals surface area contributed by atoms with Crippen molar-refractivity contribution in [3.8, 4) is 5.75 Å². The number of aromatic nitrogens is 1. The van der Waals surface area contributed by atoms with Gasteiger partial charge in [0.25, 0.3) is 0 Å². The van der Waals surface area contributed by atoms with Gasteiger partial charge in [-0.15, -0.1) is 0 Å². The molecule has 0 aliphatic rings. The molecule has 29 heavy (non-hydrogen) atoms. The monoisotopic (exact) mass is 406 g/mol. The quantitative estimate of drug-likeness (QED) is 0.637. The predicted octanol–water partition coefficient (Wildman–Crippen LogP) is 3.45. The fraction of sp³-hybridized carbons (Fsp3) is 0.200. The van der Waals surface area contributed by atoms with Crippen LogP contribution in [0.5, 0.6) is 5.75 Å². The van der Waals surface area contributed by atoms with Crippen LogP contribution in [0.3, 0.4) is 0 Å². The standard InChI is InChI=1S/C20H17F3N2O4/c1-28-15-7-8-16-17(12-15)29-19(27)25(16)11-10-24-18(26)9-4-13-2-5-14(6-3-13)20(21,22)23/h2-9,12H,10-11H2,1H3,(H,24,26)/b9-4+. The van der Waals surface area contributed by atoms with Gasteiger partial charge in [-0.3, -0.25) is 9.36 Å². The molecule has 0 saturated carbocycles. The van der Waals surface area contributed by atoms with Crippen LogP contribution < -0.4 is 15.8 Å². The normalized spacial score (nSPS) is 11.9. The molecule has 0 unspecified atom stereocenters. The minimum Gasteiger partial charge on any atom is -0.497 e. The molecule has 1 N–H and O–H groups in total. The zero-order chi connectivity index (χ0) is 21.0. The number of carbonyl (C=O) groups is 1.